The van der Waals surface area contributed by atoms with Crippen molar-refractivity contribution in [3.8, 4) is 11.3 Å². The lowest BCUT2D eigenvalue weighted by Gasteiger charge is -2.31. The summed E-state index contributed by atoms with van der Waals surface area (Å²) in [5.41, 5.74) is 2.93. The molecule has 4 heterocycles. The SMILES string of the molecule is O=S(=O)(O)N1CCC[C@H](Nc2ncccc2-c2cnc3[nH]ccc3n2)C1. The van der Waals surface area contributed by atoms with Crippen LogP contribution >= 0.6 is 0 Å². The Labute approximate surface area is 150 Å². The summed E-state index contributed by atoms with van der Waals surface area (Å²) in [6, 6.07) is 5.40. The van der Waals surface area contributed by atoms with Crippen molar-refractivity contribution in [2.75, 3.05) is 18.4 Å². The maximum Gasteiger partial charge on any atom is 0.335 e. The second-order valence-corrected chi connectivity index (χ2v) is 7.60. The molecule has 3 aromatic heterocycles. The molecule has 0 radical (unpaired) electrons. The molecule has 1 aliphatic heterocycles. The molecule has 26 heavy (non-hydrogen) atoms. The Hall–Kier alpha value is -2.56. The van der Waals surface area contributed by atoms with E-state index in [-0.39, 0.29) is 12.6 Å². The number of nitrogens with one attached hydrogen (secondary N) is 2. The molecular formula is C16H18N6O3S. The van der Waals surface area contributed by atoms with Crippen LogP contribution in [0.2, 0.25) is 0 Å². The number of hydrogen-bond donors (Lipinski definition) is 3. The molecule has 136 valence electrons. The van der Waals surface area contributed by atoms with Crippen molar-refractivity contribution >= 4 is 27.3 Å². The number of rotatable bonds is 4. The highest BCUT2D eigenvalue weighted by Crippen LogP contribution is 2.27. The maximum atomic E-state index is 11.4. The minimum absolute atomic E-state index is 0.150. The van der Waals surface area contributed by atoms with E-state index in [0.29, 0.717) is 30.1 Å². The van der Waals surface area contributed by atoms with Gasteiger partial charge in [0.2, 0.25) is 0 Å². The number of pyridine rings is 1. The first-order valence-electron chi connectivity index (χ1n) is 8.25. The Balaban J connectivity index is 1.61. The standard InChI is InChI=1S/C16H18N6O3S/c23-26(24,25)22-8-2-3-11(10-22)20-15-12(4-1-6-17-15)14-9-19-16-13(21-14)5-7-18-16/h1,4-7,9,11H,2-3,8,10H2,(H,17,20)(H,18,19)(H,23,24,25)/t11-/m0/s1. The summed E-state index contributed by atoms with van der Waals surface area (Å²) in [7, 11) is -4.18. The number of hydrogen-bond acceptors (Lipinski definition) is 6. The molecule has 0 aromatic carbocycles. The molecule has 1 aliphatic rings. The van der Waals surface area contributed by atoms with E-state index in [4.69, 9.17) is 0 Å². The monoisotopic (exact) mass is 374 g/mol. The molecule has 0 bridgehead atoms. The smallest absolute Gasteiger partial charge is 0.335 e. The molecule has 10 heteroatoms. The highest BCUT2D eigenvalue weighted by atomic mass is 32.2. The predicted octanol–water partition coefficient (Wildman–Crippen LogP) is 1.70. The molecule has 1 fully saturated rings. The van der Waals surface area contributed by atoms with Gasteiger partial charge in [0, 0.05) is 37.1 Å². The topological polar surface area (TPSA) is 124 Å². The van der Waals surface area contributed by atoms with Crippen LogP contribution in [-0.2, 0) is 10.3 Å². The maximum absolute atomic E-state index is 11.4. The molecule has 0 aliphatic carbocycles. The number of fused-ring (bicyclic) bond motifs is 1. The van der Waals surface area contributed by atoms with Gasteiger partial charge in [-0.25, -0.2) is 15.0 Å². The molecular weight excluding hydrogens is 356 g/mol. The van der Waals surface area contributed by atoms with Gasteiger partial charge in [-0.15, -0.1) is 0 Å². The van der Waals surface area contributed by atoms with Crippen molar-refractivity contribution < 1.29 is 13.0 Å². The third-order valence-corrected chi connectivity index (χ3v) is 5.38. The van der Waals surface area contributed by atoms with Crippen molar-refractivity contribution in [3.05, 3.63) is 36.8 Å². The van der Waals surface area contributed by atoms with E-state index < -0.39 is 10.3 Å². The van der Waals surface area contributed by atoms with Gasteiger partial charge >= 0.3 is 10.3 Å². The van der Waals surface area contributed by atoms with Crippen LogP contribution in [0.4, 0.5) is 5.82 Å². The van der Waals surface area contributed by atoms with Crippen molar-refractivity contribution in [2.24, 2.45) is 0 Å². The third-order valence-electron chi connectivity index (χ3n) is 4.40. The predicted molar refractivity (Wildman–Crippen MR) is 96.9 cm³/mol. The first-order valence-corrected chi connectivity index (χ1v) is 9.65. The van der Waals surface area contributed by atoms with Gasteiger partial charge < -0.3 is 10.3 Å². The molecule has 0 saturated carbocycles. The van der Waals surface area contributed by atoms with Crippen LogP contribution < -0.4 is 5.32 Å². The van der Waals surface area contributed by atoms with Crippen LogP contribution in [-0.4, -0.2) is 56.3 Å². The molecule has 0 spiro atoms. The van der Waals surface area contributed by atoms with Crippen molar-refractivity contribution in [1.29, 1.82) is 0 Å². The summed E-state index contributed by atoms with van der Waals surface area (Å²) in [5.74, 6) is 0.610. The van der Waals surface area contributed by atoms with Crippen LogP contribution in [0.1, 0.15) is 12.8 Å². The Morgan fingerprint density at radius 2 is 2.19 bits per heavy atom. The van der Waals surface area contributed by atoms with Crippen molar-refractivity contribution in [2.45, 2.75) is 18.9 Å². The molecule has 1 atom stereocenters. The van der Waals surface area contributed by atoms with Gasteiger partial charge in [0.25, 0.3) is 0 Å². The Morgan fingerprint density at radius 3 is 3.04 bits per heavy atom. The van der Waals surface area contributed by atoms with Crippen LogP contribution in [0.25, 0.3) is 22.4 Å². The fourth-order valence-corrected chi connectivity index (χ4v) is 3.88. The number of aromatic amines is 1. The van der Waals surface area contributed by atoms with Crippen LogP contribution in [0, 0.1) is 0 Å². The summed E-state index contributed by atoms with van der Waals surface area (Å²) >= 11 is 0. The molecule has 3 N–H and O–H groups in total. The fraction of sp³-hybridized carbons (Fsp3) is 0.312. The van der Waals surface area contributed by atoms with Gasteiger partial charge in [-0.05, 0) is 31.0 Å². The number of H-pyrrole nitrogens is 1. The minimum atomic E-state index is -4.18. The highest BCUT2D eigenvalue weighted by Gasteiger charge is 2.28. The fourth-order valence-electron chi connectivity index (χ4n) is 3.15. The van der Waals surface area contributed by atoms with E-state index in [1.165, 1.54) is 0 Å². The van der Waals surface area contributed by atoms with E-state index in [9.17, 15) is 13.0 Å². The van der Waals surface area contributed by atoms with E-state index in [2.05, 4.69) is 25.3 Å². The average molecular weight is 374 g/mol. The summed E-state index contributed by atoms with van der Waals surface area (Å²) in [6.07, 6.45) is 6.56. The third kappa shape index (κ3) is 3.39. The zero-order chi connectivity index (χ0) is 18.1. The zero-order valence-corrected chi connectivity index (χ0v) is 14.6. The zero-order valence-electron chi connectivity index (χ0n) is 13.8. The number of piperidine rings is 1. The lowest BCUT2D eigenvalue weighted by Crippen LogP contribution is -2.44. The first-order chi connectivity index (χ1) is 12.5. The summed E-state index contributed by atoms with van der Waals surface area (Å²) in [5, 5.41) is 3.29. The van der Waals surface area contributed by atoms with E-state index in [0.717, 1.165) is 21.8 Å². The molecule has 3 aromatic rings. The van der Waals surface area contributed by atoms with Crippen molar-refractivity contribution in [3.63, 3.8) is 0 Å². The summed E-state index contributed by atoms with van der Waals surface area (Å²) < 4.78 is 33.1. The summed E-state index contributed by atoms with van der Waals surface area (Å²) in [6.45, 7) is 0.513. The van der Waals surface area contributed by atoms with Gasteiger partial charge in [-0.2, -0.15) is 12.7 Å². The molecule has 0 amide bonds. The number of anilines is 1. The Bertz CT molecular complexity index is 1040. The van der Waals surface area contributed by atoms with Crippen LogP contribution in [0.5, 0.6) is 0 Å². The lowest BCUT2D eigenvalue weighted by molar-refractivity contribution is 0.294. The van der Waals surface area contributed by atoms with Crippen molar-refractivity contribution in [1.82, 2.24) is 24.2 Å². The Kier molecular flexibility index (Phi) is 4.31. The number of nitrogens with zero attached hydrogens (tertiary/aromatic N) is 4. The van der Waals surface area contributed by atoms with Gasteiger partial charge in [0.15, 0.2) is 5.65 Å². The van der Waals surface area contributed by atoms with Crippen LogP contribution in [0.15, 0.2) is 36.8 Å². The highest BCUT2D eigenvalue weighted by molar-refractivity contribution is 7.83. The second-order valence-electron chi connectivity index (χ2n) is 6.19. The van der Waals surface area contributed by atoms with Gasteiger partial charge in [0.05, 0.1) is 11.9 Å². The van der Waals surface area contributed by atoms with Gasteiger partial charge in [0.1, 0.15) is 11.3 Å². The van der Waals surface area contributed by atoms with Gasteiger partial charge in [-0.3, -0.25) is 4.55 Å². The average Bonchev–Trinajstić information content (AvgIpc) is 3.09. The minimum Gasteiger partial charge on any atom is -0.365 e. The quantitative estimate of drug-likeness (QED) is 0.594. The van der Waals surface area contributed by atoms with E-state index >= 15 is 0 Å². The van der Waals surface area contributed by atoms with E-state index in [1.54, 1.807) is 18.6 Å². The second kappa shape index (κ2) is 6.63. The largest absolute Gasteiger partial charge is 0.365 e. The lowest BCUT2D eigenvalue weighted by atomic mass is 10.1. The summed E-state index contributed by atoms with van der Waals surface area (Å²) in [4.78, 5) is 16.3. The molecule has 1 saturated heterocycles. The van der Waals surface area contributed by atoms with Crippen LogP contribution in [0.3, 0.4) is 0 Å². The molecule has 0 unspecified atom stereocenters. The number of aromatic nitrogens is 4. The normalized spacial score (nSPS) is 18.9. The molecule has 4 rings (SSSR count). The van der Waals surface area contributed by atoms with Gasteiger partial charge in [-0.1, -0.05) is 0 Å². The first kappa shape index (κ1) is 16.9. The Morgan fingerprint density at radius 1 is 1.31 bits per heavy atom. The molecule has 9 nitrogen and oxygen atoms in total. The van der Waals surface area contributed by atoms with E-state index in [1.807, 2.05) is 18.2 Å².